The maximum Gasteiger partial charge on any atom is 0.190 e. The molecule has 0 bridgehead atoms. The molecule has 7 atom stereocenters. The van der Waals surface area contributed by atoms with Crippen LogP contribution in [0.15, 0.2) is 23.8 Å². The fraction of sp³-hybridized carbons (Fsp3) is 0.682. The molecule has 0 unspecified atom stereocenters. The van der Waals surface area contributed by atoms with Gasteiger partial charge >= 0.3 is 0 Å². The zero-order valence-electron chi connectivity index (χ0n) is 16.2. The Bertz CT molecular complexity index is 795. The minimum Gasteiger partial charge on any atom is -0.388 e. The fourth-order valence-corrected chi connectivity index (χ4v) is 7.08. The van der Waals surface area contributed by atoms with E-state index in [1.54, 1.807) is 12.2 Å². The Morgan fingerprint density at radius 1 is 1.30 bits per heavy atom. The number of aliphatic hydroxyl groups is 2. The summed E-state index contributed by atoms with van der Waals surface area (Å²) in [5, 5.41) is 20.8. The molecule has 0 heterocycles. The molecule has 3 fully saturated rings. The van der Waals surface area contributed by atoms with Gasteiger partial charge in [-0.3, -0.25) is 14.4 Å². The minimum absolute atomic E-state index is 0.0218. The van der Waals surface area contributed by atoms with Crippen LogP contribution in [0, 0.1) is 34.5 Å². The van der Waals surface area contributed by atoms with Gasteiger partial charge in [0.05, 0.1) is 0 Å². The van der Waals surface area contributed by atoms with Crippen LogP contribution in [-0.4, -0.2) is 39.8 Å². The van der Waals surface area contributed by atoms with Crippen LogP contribution in [0.1, 0.15) is 46.5 Å². The molecule has 2 N–H and O–H groups in total. The van der Waals surface area contributed by atoms with Crippen molar-refractivity contribution in [2.24, 2.45) is 34.5 Å². The molecule has 0 aromatic carbocycles. The normalized spacial score (nSPS) is 48.6. The van der Waals surface area contributed by atoms with E-state index in [-0.39, 0.29) is 41.7 Å². The summed E-state index contributed by atoms with van der Waals surface area (Å²) in [4.78, 5) is 37.8. The Morgan fingerprint density at radius 3 is 2.67 bits per heavy atom. The molecule has 3 saturated carbocycles. The van der Waals surface area contributed by atoms with Crippen LogP contribution in [0.4, 0.5) is 0 Å². The van der Waals surface area contributed by atoms with Crippen molar-refractivity contribution in [2.75, 3.05) is 6.61 Å². The third kappa shape index (κ3) is 2.16. The average molecular weight is 372 g/mol. The van der Waals surface area contributed by atoms with Gasteiger partial charge in [0.15, 0.2) is 11.6 Å². The van der Waals surface area contributed by atoms with Crippen LogP contribution in [-0.2, 0) is 14.4 Å². The molecule has 0 spiro atoms. The summed E-state index contributed by atoms with van der Waals surface area (Å²) in [5.41, 5.74) is -1.94. The van der Waals surface area contributed by atoms with Gasteiger partial charge in [-0.05, 0) is 49.2 Å². The van der Waals surface area contributed by atoms with Gasteiger partial charge in [0.1, 0.15) is 18.0 Å². The lowest BCUT2D eigenvalue weighted by molar-refractivity contribution is -0.173. The van der Waals surface area contributed by atoms with Gasteiger partial charge in [0.25, 0.3) is 0 Å². The highest BCUT2D eigenvalue weighted by molar-refractivity contribution is 6.02. The predicted molar refractivity (Wildman–Crippen MR) is 98.6 cm³/mol. The van der Waals surface area contributed by atoms with Crippen LogP contribution in [0.5, 0.6) is 0 Å². The number of hydrogen-bond acceptors (Lipinski definition) is 5. The van der Waals surface area contributed by atoms with E-state index in [4.69, 9.17) is 0 Å². The number of carbonyl (C=O) groups is 3. The van der Waals surface area contributed by atoms with Crippen molar-refractivity contribution in [3.8, 4) is 0 Å². The second-order valence-corrected chi connectivity index (χ2v) is 9.52. The molecule has 5 heteroatoms. The quantitative estimate of drug-likeness (QED) is 0.774. The van der Waals surface area contributed by atoms with E-state index >= 15 is 0 Å². The zero-order valence-corrected chi connectivity index (χ0v) is 16.2. The number of Topliss-reactive ketones (excluding diaryl/α,β-unsaturated/α-hetero) is 2. The second-order valence-electron chi connectivity index (χ2n) is 9.52. The second kappa shape index (κ2) is 5.71. The third-order valence-corrected chi connectivity index (χ3v) is 8.41. The van der Waals surface area contributed by atoms with Crippen LogP contribution in [0.3, 0.4) is 0 Å². The molecule has 0 radical (unpaired) electrons. The summed E-state index contributed by atoms with van der Waals surface area (Å²) in [6.07, 6.45) is 7.49. The number of ketones is 3. The van der Waals surface area contributed by atoms with Gasteiger partial charge in [-0.15, -0.1) is 0 Å². The highest BCUT2D eigenvalue weighted by atomic mass is 16.3. The summed E-state index contributed by atoms with van der Waals surface area (Å²) < 4.78 is 0. The molecule has 5 nitrogen and oxygen atoms in total. The fourth-order valence-electron chi connectivity index (χ4n) is 7.08. The summed E-state index contributed by atoms with van der Waals surface area (Å²) in [6, 6.07) is 0. The molecule has 0 aromatic rings. The van der Waals surface area contributed by atoms with E-state index in [0.29, 0.717) is 6.42 Å². The van der Waals surface area contributed by atoms with Crippen LogP contribution in [0.25, 0.3) is 0 Å². The van der Waals surface area contributed by atoms with Gasteiger partial charge in [-0.2, -0.15) is 0 Å². The minimum atomic E-state index is -1.66. The summed E-state index contributed by atoms with van der Waals surface area (Å²) >= 11 is 0. The molecule has 4 rings (SSSR count). The largest absolute Gasteiger partial charge is 0.388 e. The van der Waals surface area contributed by atoms with E-state index in [1.807, 2.05) is 26.8 Å². The SMILES string of the molecule is C[C@@H]1C[C@H]2[C@@H]3CCC4=CC(=O)C=C[C@]4(C)[C@H]3C(=O)C[C@]2(C)[C@@]1(O)C(=O)CO. The Hall–Kier alpha value is -1.59. The standard InChI is InChI=1S/C22H28O5/c1-12-8-16-15-5-4-13-9-14(24)6-7-20(13,2)19(15)17(25)10-21(16,3)22(12,27)18(26)11-23/h6-7,9,12,15-16,19,23,27H,4-5,8,10-11H2,1-3H3/t12-,15+,16+,19-,20+,21+,22+/m1/s1. The summed E-state index contributed by atoms with van der Waals surface area (Å²) in [6.45, 7) is 5.05. The van der Waals surface area contributed by atoms with Crippen LogP contribution >= 0.6 is 0 Å². The zero-order chi connectivity index (χ0) is 19.8. The molecular formula is C22H28O5. The number of rotatable bonds is 2. The Labute approximate surface area is 159 Å². The van der Waals surface area contributed by atoms with Crippen molar-refractivity contribution < 1.29 is 24.6 Å². The molecule has 4 aliphatic carbocycles. The first-order valence-corrected chi connectivity index (χ1v) is 9.93. The predicted octanol–water partition coefficient (Wildman–Crippen LogP) is 2.01. The van der Waals surface area contributed by atoms with Crippen molar-refractivity contribution >= 4 is 17.3 Å². The smallest absolute Gasteiger partial charge is 0.190 e. The molecule has 0 saturated heterocycles. The maximum atomic E-state index is 13.4. The number of hydrogen-bond donors (Lipinski definition) is 2. The molecule has 0 aliphatic heterocycles. The molecule has 146 valence electrons. The first-order valence-electron chi connectivity index (χ1n) is 9.93. The van der Waals surface area contributed by atoms with E-state index < -0.39 is 28.8 Å². The monoisotopic (exact) mass is 372 g/mol. The van der Waals surface area contributed by atoms with Crippen molar-refractivity contribution in [3.05, 3.63) is 23.8 Å². The van der Waals surface area contributed by atoms with Crippen molar-refractivity contribution in [1.82, 2.24) is 0 Å². The molecule has 4 aliphatic rings. The van der Waals surface area contributed by atoms with Crippen LogP contribution < -0.4 is 0 Å². The Morgan fingerprint density at radius 2 is 2.00 bits per heavy atom. The van der Waals surface area contributed by atoms with Gasteiger partial charge in [0, 0.05) is 23.2 Å². The lowest BCUT2D eigenvalue weighted by Crippen LogP contribution is -2.61. The topological polar surface area (TPSA) is 91.7 Å². The van der Waals surface area contributed by atoms with E-state index in [0.717, 1.165) is 18.4 Å². The lowest BCUT2D eigenvalue weighted by Gasteiger charge is -2.56. The molecule has 0 amide bonds. The van der Waals surface area contributed by atoms with Gasteiger partial charge in [-0.25, -0.2) is 0 Å². The highest BCUT2D eigenvalue weighted by Gasteiger charge is 2.70. The van der Waals surface area contributed by atoms with E-state index in [9.17, 15) is 24.6 Å². The molecular weight excluding hydrogens is 344 g/mol. The summed E-state index contributed by atoms with van der Waals surface area (Å²) in [7, 11) is 0. The maximum absolute atomic E-state index is 13.4. The van der Waals surface area contributed by atoms with Crippen molar-refractivity contribution in [1.29, 1.82) is 0 Å². The van der Waals surface area contributed by atoms with E-state index in [1.165, 1.54) is 0 Å². The van der Waals surface area contributed by atoms with Gasteiger partial charge in [-0.1, -0.05) is 32.4 Å². The number of fused-ring (bicyclic) bond motifs is 5. The Balaban J connectivity index is 1.79. The Kier molecular flexibility index (Phi) is 3.97. The number of aliphatic hydroxyl groups excluding tert-OH is 1. The first-order chi connectivity index (χ1) is 12.6. The number of allylic oxidation sites excluding steroid dienone is 4. The van der Waals surface area contributed by atoms with Crippen molar-refractivity contribution in [3.63, 3.8) is 0 Å². The summed E-state index contributed by atoms with van der Waals surface area (Å²) in [5.74, 6) is -0.947. The lowest BCUT2D eigenvalue weighted by atomic mass is 9.46. The average Bonchev–Trinajstić information content (AvgIpc) is 2.82. The van der Waals surface area contributed by atoms with Crippen LogP contribution in [0.2, 0.25) is 0 Å². The highest BCUT2D eigenvalue weighted by Crippen LogP contribution is 2.67. The molecule has 27 heavy (non-hydrogen) atoms. The third-order valence-electron chi connectivity index (χ3n) is 8.41. The van der Waals surface area contributed by atoms with Gasteiger partial charge in [0.2, 0.25) is 0 Å². The van der Waals surface area contributed by atoms with Gasteiger partial charge < -0.3 is 10.2 Å². The number of carbonyl (C=O) groups excluding carboxylic acids is 3. The first kappa shape index (κ1) is 18.8. The molecule has 0 aromatic heterocycles. The van der Waals surface area contributed by atoms with Crippen molar-refractivity contribution in [2.45, 2.75) is 52.1 Å². The van der Waals surface area contributed by atoms with E-state index in [2.05, 4.69) is 0 Å².